The van der Waals surface area contributed by atoms with Gasteiger partial charge in [0.25, 0.3) is 0 Å². The third-order valence-corrected chi connectivity index (χ3v) is 12.1. The monoisotopic (exact) mass is 744 g/mol. The van der Waals surface area contributed by atoms with E-state index in [-0.39, 0.29) is 5.41 Å². The summed E-state index contributed by atoms with van der Waals surface area (Å²) in [6.45, 7) is 4.70. The molecule has 0 bridgehead atoms. The number of hydrogen-bond acceptors (Lipinski definition) is 2. The van der Waals surface area contributed by atoms with E-state index in [9.17, 15) is 0 Å². The molecule has 0 atom stereocenters. The average Bonchev–Trinajstić information content (AvgIpc) is 3.99. The summed E-state index contributed by atoms with van der Waals surface area (Å²) in [6, 6.07) is 68.7. The highest BCUT2D eigenvalue weighted by molar-refractivity contribution is 6.11. The topological polar surface area (TPSA) is 26.0 Å². The summed E-state index contributed by atoms with van der Waals surface area (Å²) in [5.74, 6) is 0. The largest absolute Gasteiger partial charge is 0.310 e. The number of aromatic nitrogens is 3. The lowest BCUT2D eigenvalue weighted by Crippen LogP contribution is -2.16. The van der Waals surface area contributed by atoms with Gasteiger partial charge in [-0.05, 0) is 123 Å². The average molecular weight is 745 g/mol. The number of nitrogens with zero attached hydrogens (tertiary/aromatic N) is 4. The van der Waals surface area contributed by atoms with Gasteiger partial charge >= 0.3 is 0 Å². The van der Waals surface area contributed by atoms with Crippen molar-refractivity contribution in [2.45, 2.75) is 19.3 Å². The molecule has 58 heavy (non-hydrogen) atoms. The van der Waals surface area contributed by atoms with Crippen molar-refractivity contribution < 1.29 is 0 Å². The van der Waals surface area contributed by atoms with E-state index in [4.69, 9.17) is 0 Å². The fraction of sp³-hybridized carbons (Fsp3) is 0.0556. The number of para-hydroxylation sites is 1. The van der Waals surface area contributed by atoms with Crippen molar-refractivity contribution in [3.63, 3.8) is 0 Å². The Labute approximate surface area is 338 Å². The number of benzene rings is 8. The Morgan fingerprint density at radius 2 is 1.02 bits per heavy atom. The van der Waals surface area contributed by atoms with Gasteiger partial charge in [0.2, 0.25) is 0 Å². The molecule has 10 aromatic rings. The second kappa shape index (κ2) is 13.4. The molecule has 0 fully saturated rings. The first-order valence-corrected chi connectivity index (χ1v) is 19.9. The number of anilines is 3. The van der Waals surface area contributed by atoms with Crippen LogP contribution in [-0.4, -0.2) is 14.1 Å². The van der Waals surface area contributed by atoms with E-state index in [1.807, 2.05) is 18.7 Å². The minimum atomic E-state index is -0.101. The fourth-order valence-corrected chi connectivity index (χ4v) is 9.13. The van der Waals surface area contributed by atoms with Gasteiger partial charge in [-0.1, -0.05) is 123 Å². The summed E-state index contributed by atoms with van der Waals surface area (Å²) in [4.78, 5) is 6.70. The van der Waals surface area contributed by atoms with Gasteiger partial charge in [-0.2, -0.15) is 0 Å². The SMILES string of the molecule is CC1(C)c2ccccc2-c2ccc(N(c3ccc(-c4ccccc4)cc3)c3ccc(-c4ccc5c(c4)c4cc(-n6ccnc6)ccc4n5-c4ccccc4)cc3)cc21. The van der Waals surface area contributed by atoms with Gasteiger partial charge in [-0.15, -0.1) is 0 Å². The maximum Gasteiger partial charge on any atom is 0.0991 e. The molecule has 1 aliphatic rings. The molecule has 2 aromatic heterocycles. The van der Waals surface area contributed by atoms with Crippen LogP contribution in [-0.2, 0) is 5.41 Å². The fourth-order valence-electron chi connectivity index (χ4n) is 9.13. The van der Waals surface area contributed by atoms with Crippen molar-refractivity contribution in [2.24, 2.45) is 0 Å². The first-order valence-electron chi connectivity index (χ1n) is 19.9. The number of fused-ring (bicyclic) bond motifs is 6. The highest BCUT2D eigenvalue weighted by Crippen LogP contribution is 2.50. The normalized spacial score (nSPS) is 12.8. The van der Waals surface area contributed by atoms with Crippen LogP contribution in [0.2, 0.25) is 0 Å². The van der Waals surface area contributed by atoms with Crippen LogP contribution in [0.25, 0.3) is 66.6 Å². The summed E-state index contributed by atoms with van der Waals surface area (Å²) in [5, 5.41) is 2.42. The number of imidazole rings is 1. The van der Waals surface area contributed by atoms with Crippen LogP contribution in [0, 0.1) is 0 Å². The van der Waals surface area contributed by atoms with E-state index >= 15 is 0 Å². The van der Waals surface area contributed by atoms with Crippen LogP contribution in [0.15, 0.2) is 207 Å². The zero-order valence-corrected chi connectivity index (χ0v) is 32.4. The molecule has 11 rings (SSSR count). The second-order valence-electron chi connectivity index (χ2n) is 15.8. The maximum atomic E-state index is 4.31. The van der Waals surface area contributed by atoms with Crippen LogP contribution in [0.3, 0.4) is 0 Å². The van der Waals surface area contributed by atoms with Gasteiger partial charge in [0.1, 0.15) is 0 Å². The Kier molecular flexibility index (Phi) is 7.80. The lowest BCUT2D eigenvalue weighted by molar-refractivity contribution is 0.660. The van der Waals surface area contributed by atoms with E-state index in [0.717, 1.165) is 28.4 Å². The minimum absolute atomic E-state index is 0.101. The number of hydrogen-bond donors (Lipinski definition) is 0. The van der Waals surface area contributed by atoms with E-state index in [2.05, 4.69) is 221 Å². The molecular formula is C54H40N4. The van der Waals surface area contributed by atoms with Crippen molar-refractivity contribution in [3.8, 4) is 44.8 Å². The Hall–Kier alpha value is -7.43. The first-order chi connectivity index (χ1) is 28.5. The quantitative estimate of drug-likeness (QED) is 0.162. The maximum absolute atomic E-state index is 4.31. The molecule has 2 heterocycles. The second-order valence-corrected chi connectivity index (χ2v) is 15.8. The van der Waals surface area contributed by atoms with Gasteiger partial charge in [0, 0.05) is 57.0 Å². The Morgan fingerprint density at radius 3 is 1.72 bits per heavy atom. The lowest BCUT2D eigenvalue weighted by Gasteiger charge is -2.28. The molecule has 0 aliphatic heterocycles. The molecule has 0 N–H and O–H groups in total. The molecule has 4 nitrogen and oxygen atoms in total. The third-order valence-electron chi connectivity index (χ3n) is 12.1. The molecule has 276 valence electrons. The molecule has 1 aliphatic carbocycles. The Balaban J connectivity index is 1.02. The highest BCUT2D eigenvalue weighted by Gasteiger charge is 2.35. The van der Waals surface area contributed by atoms with Gasteiger partial charge in [-0.25, -0.2) is 4.98 Å². The summed E-state index contributed by atoms with van der Waals surface area (Å²) < 4.78 is 4.43. The molecule has 0 saturated heterocycles. The summed E-state index contributed by atoms with van der Waals surface area (Å²) in [7, 11) is 0. The molecule has 4 heteroatoms. The van der Waals surface area contributed by atoms with Gasteiger partial charge in [-0.3, -0.25) is 0 Å². The van der Waals surface area contributed by atoms with Crippen molar-refractivity contribution >= 4 is 38.9 Å². The molecular weight excluding hydrogens is 705 g/mol. The summed E-state index contributed by atoms with van der Waals surface area (Å²) in [5.41, 5.74) is 18.0. The van der Waals surface area contributed by atoms with Crippen LogP contribution in [0.5, 0.6) is 0 Å². The zero-order valence-electron chi connectivity index (χ0n) is 32.4. The van der Waals surface area contributed by atoms with Crippen molar-refractivity contribution in [2.75, 3.05) is 4.90 Å². The van der Waals surface area contributed by atoms with Gasteiger partial charge in [0.15, 0.2) is 0 Å². The number of rotatable bonds is 7. The minimum Gasteiger partial charge on any atom is -0.310 e. The Morgan fingerprint density at radius 1 is 0.448 bits per heavy atom. The summed E-state index contributed by atoms with van der Waals surface area (Å²) >= 11 is 0. The standard InChI is InChI=1S/C54H40N4/c1-54(2)50-16-10-9-15-46(50)47-28-26-45(35-51(47)54)57(42-22-17-38(18-23-42)37-11-5-3-6-12-37)43-24-19-39(20-25-43)40-21-29-52-48(33-40)49-34-44(56-32-31-55-36-56)27-30-53(49)58(52)41-13-7-4-8-14-41/h3-36H,1-2H3. The third kappa shape index (κ3) is 5.48. The molecule has 0 radical (unpaired) electrons. The molecule has 0 unspecified atom stereocenters. The van der Waals surface area contributed by atoms with Crippen LogP contribution in [0.1, 0.15) is 25.0 Å². The molecule has 0 saturated carbocycles. The van der Waals surface area contributed by atoms with Gasteiger partial charge in [0.05, 0.1) is 17.4 Å². The van der Waals surface area contributed by atoms with Crippen LogP contribution < -0.4 is 4.90 Å². The zero-order chi connectivity index (χ0) is 38.8. The van der Waals surface area contributed by atoms with E-state index in [1.165, 1.54) is 66.3 Å². The predicted molar refractivity (Wildman–Crippen MR) is 241 cm³/mol. The van der Waals surface area contributed by atoms with Gasteiger partial charge < -0.3 is 14.0 Å². The highest BCUT2D eigenvalue weighted by atomic mass is 15.1. The van der Waals surface area contributed by atoms with E-state index in [1.54, 1.807) is 0 Å². The van der Waals surface area contributed by atoms with E-state index in [0.29, 0.717) is 0 Å². The van der Waals surface area contributed by atoms with Crippen LogP contribution >= 0.6 is 0 Å². The summed E-state index contributed by atoms with van der Waals surface area (Å²) in [6.07, 6.45) is 5.67. The molecule has 0 spiro atoms. The molecule has 0 amide bonds. The smallest absolute Gasteiger partial charge is 0.0991 e. The van der Waals surface area contributed by atoms with Crippen molar-refractivity contribution in [1.29, 1.82) is 0 Å². The molecule has 8 aromatic carbocycles. The Bertz CT molecular complexity index is 3100. The first kappa shape index (κ1) is 33.9. The van der Waals surface area contributed by atoms with Crippen molar-refractivity contribution in [3.05, 3.63) is 218 Å². The van der Waals surface area contributed by atoms with Crippen molar-refractivity contribution in [1.82, 2.24) is 14.1 Å². The predicted octanol–water partition coefficient (Wildman–Crippen LogP) is 14.1. The lowest BCUT2D eigenvalue weighted by atomic mass is 9.82. The van der Waals surface area contributed by atoms with Crippen LogP contribution in [0.4, 0.5) is 17.1 Å². The van der Waals surface area contributed by atoms with E-state index < -0.39 is 0 Å².